The summed E-state index contributed by atoms with van der Waals surface area (Å²) in [5.74, 6) is -0.366. The molecule has 1 atom stereocenters. The molecule has 1 aliphatic rings. The molecule has 0 spiro atoms. The summed E-state index contributed by atoms with van der Waals surface area (Å²) in [6.45, 7) is 0.963. The molecule has 0 radical (unpaired) electrons. The van der Waals surface area contributed by atoms with Gasteiger partial charge < -0.3 is 4.90 Å². The third-order valence-corrected chi connectivity index (χ3v) is 5.07. The van der Waals surface area contributed by atoms with Crippen molar-refractivity contribution in [1.82, 2.24) is 24.8 Å². The van der Waals surface area contributed by atoms with Crippen LogP contribution in [-0.4, -0.2) is 43.8 Å². The van der Waals surface area contributed by atoms with Gasteiger partial charge in [0.05, 0.1) is 23.1 Å². The second-order valence-electron chi connectivity index (χ2n) is 7.05. The number of nitrogens with zero attached hydrogens (tertiary/aromatic N) is 5. The number of alkyl halides is 3. The van der Waals surface area contributed by atoms with Gasteiger partial charge in [-0.2, -0.15) is 13.2 Å². The Morgan fingerprint density at radius 1 is 1.07 bits per heavy atom. The second-order valence-corrected chi connectivity index (χ2v) is 7.05. The maximum Gasteiger partial charge on any atom is 0.416 e. The summed E-state index contributed by atoms with van der Waals surface area (Å²) in [4.78, 5) is 31.2. The van der Waals surface area contributed by atoms with E-state index in [1.165, 1.54) is 37.1 Å². The maximum atomic E-state index is 13.1. The number of halogens is 3. The van der Waals surface area contributed by atoms with Crippen molar-refractivity contribution in [2.45, 2.75) is 24.9 Å². The third kappa shape index (κ3) is 4.14. The number of amides is 1. The standard InChI is InChI=1S/C21H18F3N5O/c22-21(23,24)16-5-1-3-14(11-16)18-19(28-9-8-27-18)15-4-2-10-29(13-15)20(30)17-12-25-6-7-26-17/h1,3,5-9,11-12,15H,2,4,10,13H2. The summed E-state index contributed by atoms with van der Waals surface area (Å²) in [5.41, 5.74) is 0.872. The number of piperidine rings is 1. The normalized spacial score (nSPS) is 17.0. The minimum atomic E-state index is -4.44. The molecule has 0 aliphatic carbocycles. The molecule has 3 heterocycles. The molecule has 1 aliphatic heterocycles. The lowest BCUT2D eigenvalue weighted by Crippen LogP contribution is -2.39. The van der Waals surface area contributed by atoms with Gasteiger partial charge in [-0.3, -0.25) is 19.7 Å². The van der Waals surface area contributed by atoms with Crippen LogP contribution in [0.25, 0.3) is 11.3 Å². The van der Waals surface area contributed by atoms with Gasteiger partial charge in [0, 0.05) is 49.4 Å². The number of rotatable bonds is 3. The average molecular weight is 413 g/mol. The minimum absolute atomic E-state index is 0.141. The molecule has 0 saturated carbocycles. The largest absolute Gasteiger partial charge is 0.416 e. The van der Waals surface area contributed by atoms with E-state index in [1.807, 2.05) is 0 Å². The van der Waals surface area contributed by atoms with Crippen LogP contribution in [-0.2, 0) is 6.18 Å². The molecule has 0 N–H and O–H groups in total. The van der Waals surface area contributed by atoms with Crippen LogP contribution in [0.3, 0.4) is 0 Å². The highest BCUT2D eigenvalue weighted by molar-refractivity contribution is 5.92. The molecule has 0 bridgehead atoms. The molecule has 1 aromatic carbocycles. The van der Waals surface area contributed by atoms with Crippen LogP contribution >= 0.6 is 0 Å². The summed E-state index contributed by atoms with van der Waals surface area (Å²) in [6.07, 6.45) is 4.43. The van der Waals surface area contributed by atoms with Crippen LogP contribution in [0.5, 0.6) is 0 Å². The Balaban J connectivity index is 1.63. The highest BCUT2D eigenvalue weighted by atomic mass is 19.4. The number of aromatic nitrogens is 4. The SMILES string of the molecule is O=C(c1cnccn1)N1CCCC(c2nccnc2-c2cccc(C(F)(F)F)c2)C1. The zero-order valence-electron chi connectivity index (χ0n) is 15.9. The van der Waals surface area contributed by atoms with Gasteiger partial charge in [0.2, 0.25) is 0 Å². The van der Waals surface area contributed by atoms with Gasteiger partial charge in [-0.05, 0) is 25.0 Å². The molecule has 6 nitrogen and oxygen atoms in total. The summed E-state index contributed by atoms with van der Waals surface area (Å²) in [5, 5.41) is 0. The fourth-order valence-corrected chi connectivity index (χ4v) is 3.67. The van der Waals surface area contributed by atoms with Gasteiger partial charge in [-0.1, -0.05) is 12.1 Å². The number of hydrogen-bond donors (Lipinski definition) is 0. The highest BCUT2D eigenvalue weighted by Crippen LogP contribution is 2.35. The van der Waals surface area contributed by atoms with Crippen LogP contribution in [0.4, 0.5) is 13.2 Å². The first-order valence-electron chi connectivity index (χ1n) is 9.47. The third-order valence-electron chi connectivity index (χ3n) is 5.07. The topological polar surface area (TPSA) is 71.9 Å². The number of likely N-dealkylation sites (tertiary alicyclic amines) is 1. The van der Waals surface area contributed by atoms with Crippen molar-refractivity contribution in [3.05, 3.63) is 72.2 Å². The summed E-state index contributed by atoms with van der Waals surface area (Å²) in [6, 6.07) is 5.07. The first kappa shape index (κ1) is 19.9. The first-order valence-corrected chi connectivity index (χ1v) is 9.47. The smallest absolute Gasteiger partial charge is 0.337 e. The number of hydrogen-bond acceptors (Lipinski definition) is 5. The van der Waals surface area contributed by atoms with E-state index >= 15 is 0 Å². The van der Waals surface area contributed by atoms with Gasteiger partial charge in [0.1, 0.15) is 5.69 Å². The fraction of sp³-hybridized carbons (Fsp3) is 0.286. The van der Waals surface area contributed by atoms with Crippen LogP contribution in [0.1, 0.15) is 40.5 Å². The average Bonchev–Trinajstić information content (AvgIpc) is 2.79. The lowest BCUT2D eigenvalue weighted by Gasteiger charge is -2.32. The number of carbonyl (C=O) groups is 1. The van der Waals surface area contributed by atoms with E-state index in [0.717, 1.165) is 25.0 Å². The Morgan fingerprint density at radius 2 is 1.87 bits per heavy atom. The van der Waals surface area contributed by atoms with Crippen LogP contribution in [0, 0.1) is 0 Å². The van der Waals surface area contributed by atoms with E-state index in [4.69, 9.17) is 0 Å². The van der Waals surface area contributed by atoms with E-state index in [1.54, 1.807) is 11.0 Å². The molecule has 1 amide bonds. The fourth-order valence-electron chi connectivity index (χ4n) is 3.67. The van der Waals surface area contributed by atoms with Crippen LogP contribution in [0.2, 0.25) is 0 Å². The Bertz CT molecular complexity index is 1040. The first-order chi connectivity index (χ1) is 14.4. The highest BCUT2D eigenvalue weighted by Gasteiger charge is 2.32. The van der Waals surface area contributed by atoms with Gasteiger partial charge in [-0.25, -0.2) is 4.98 Å². The molecule has 1 saturated heterocycles. The Morgan fingerprint density at radius 3 is 2.63 bits per heavy atom. The van der Waals surface area contributed by atoms with Crippen molar-refractivity contribution >= 4 is 5.91 Å². The predicted octanol–water partition coefficient (Wildman–Crippen LogP) is 3.97. The van der Waals surface area contributed by atoms with E-state index < -0.39 is 11.7 Å². The molecule has 1 unspecified atom stereocenters. The molecular weight excluding hydrogens is 395 g/mol. The zero-order chi connectivity index (χ0) is 21.1. The summed E-state index contributed by atoms with van der Waals surface area (Å²) in [7, 11) is 0. The molecule has 3 aromatic rings. The molecule has 9 heteroatoms. The van der Waals surface area contributed by atoms with Crippen LogP contribution < -0.4 is 0 Å². The van der Waals surface area contributed by atoms with Gasteiger partial charge in [-0.15, -0.1) is 0 Å². The van der Waals surface area contributed by atoms with E-state index in [-0.39, 0.29) is 17.5 Å². The van der Waals surface area contributed by atoms with Crippen molar-refractivity contribution in [2.75, 3.05) is 13.1 Å². The summed E-state index contributed by atoms with van der Waals surface area (Å²) >= 11 is 0. The lowest BCUT2D eigenvalue weighted by atomic mass is 9.91. The maximum absolute atomic E-state index is 13.1. The van der Waals surface area contributed by atoms with E-state index in [0.29, 0.717) is 30.0 Å². The van der Waals surface area contributed by atoms with E-state index in [9.17, 15) is 18.0 Å². The Kier molecular flexibility index (Phi) is 5.43. The molecule has 2 aromatic heterocycles. The molecule has 30 heavy (non-hydrogen) atoms. The lowest BCUT2D eigenvalue weighted by molar-refractivity contribution is -0.137. The van der Waals surface area contributed by atoms with Gasteiger partial charge in [0.25, 0.3) is 5.91 Å². The zero-order valence-corrected chi connectivity index (χ0v) is 15.9. The van der Waals surface area contributed by atoms with Crippen molar-refractivity contribution < 1.29 is 18.0 Å². The molecule has 154 valence electrons. The summed E-state index contributed by atoms with van der Waals surface area (Å²) < 4.78 is 39.4. The monoisotopic (exact) mass is 413 g/mol. The Hall–Kier alpha value is -3.36. The number of benzene rings is 1. The van der Waals surface area contributed by atoms with Gasteiger partial charge in [0.15, 0.2) is 0 Å². The Labute approximate surface area is 170 Å². The molecule has 1 fully saturated rings. The van der Waals surface area contributed by atoms with Crippen molar-refractivity contribution in [3.8, 4) is 11.3 Å². The van der Waals surface area contributed by atoms with Gasteiger partial charge >= 0.3 is 6.18 Å². The predicted molar refractivity (Wildman–Crippen MR) is 102 cm³/mol. The van der Waals surface area contributed by atoms with Crippen LogP contribution in [0.15, 0.2) is 55.2 Å². The minimum Gasteiger partial charge on any atom is -0.337 e. The van der Waals surface area contributed by atoms with E-state index in [2.05, 4.69) is 19.9 Å². The molecule has 4 rings (SSSR count). The number of carbonyl (C=O) groups excluding carboxylic acids is 1. The van der Waals surface area contributed by atoms with Crippen molar-refractivity contribution in [1.29, 1.82) is 0 Å². The molecular formula is C21H18F3N5O. The second kappa shape index (κ2) is 8.17. The quantitative estimate of drug-likeness (QED) is 0.650. The van der Waals surface area contributed by atoms with Crippen molar-refractivity contribution in [3.63, 3.8) is 0 Å². The van der Waals surface area contributed by atoms with Crippen molar-refractivity contribution in [2.24, 2.45) is 0 Å².